The molecule has 1 heterocycles. The molecule has 0 aliphatic carbocycles. The summed E-state index contributed by atoms with van der Waals surface area (Å²) in [6.07, 6.45) is 5.03. The molecule has 102 valence electrons. The van der Waals surface area contributed by atoms with Gasteiger partial charge in [0.25, 0.3) is 0 Å². The molecule has 2 aromatic rings. The van der Waals surface area contributed by atoms with Gasteiger partial charge in [-0.25, -0.2) is 4.39 Å². The Morgan fingerprint density at radius 3 is 2.84 bits per heavy atom. The normalized spacial score (nSPS) is 12.6. The van der Waals surface area contributed by atoms with Gasteiger partial charge in [0, 0.05) is 35.6 Å². The third kappa shape index (κ3) is 3.37. The van der Waals surface area contributed by atoms with Gasteiger partial charge in [0.1, 0.15) is 5.82 Å². The van der Waals surface area contributed by atoms with Crippen molar-refractivity contribution in [3.05, 3.63) is 58.6 Å². The largest absolute Gasteiger partial charge is 0.349 e. The highest BCUT2D eigenvalue weighted by Gasteiger charge is 2.09. The zero-order valence-electron chi connectivity index (χ0n) is 11.2. The fourth-order valence-corrected chi connectivity index (χ4v) is 2.43. The number of halogens is 2. The van der Waals surface area contributed by atoms with Crippen molar-refractivity contribution in [1.29, 1.82) is 0 Å². The summed E-state index contributed by atoms with van der Waals surface area (Å²) in [4.78, 5) is 0. The SMILES string of the molecule is CCC(NC)c1ccn(Cc2cc(Cl)ccc2F)c1. The van der Waals surface area contributed by atoms with Crippen LogP contribution >= 0.6 is 11.6 Å². The topological polar surface area (TPSA) is 17.0 Å². The number of nitrogens with one attached hydrogen (secondary N) is 1. The van der Waals surface area contributed by atoms with E-state index in [4.69, 9.17) is 11.6 Å². The van der Waals surface area contributed by atoms with E-state index in [-0.39, 0.29) is 5.82 Å². The Kier molecular flexibility index (Phi) is 4.61. The van der Waals surface area contributed by atoms with Crippen molar-refractivity contribution in [3.8, 4) is 0 Å². The van der Waals surface area contributed by atoms with E-state index in [9.17, 15) is 4.39 Å². The lowest BCUT2D eigenvalue weighted by atomic mass is 10.1. The molecule has 0 fully saturated rings. The molecule has 0 aliphatic rings. The molecule has 2 rings (SSSR count). The van der Waals surface area contributed by atoms with E-state index in [2.05, 4.69) is 18.3 Å². The number of aromatic nitrogens is 1. The van der Waals surface area contributed by atoms with Gasteiger partial charge in [-0.05, 0) is 43.3 Å². The summed E-state index contributed by atoms with van der Waals surface area (Å²) < 4.78 is 15.6. The van der Waals surface area contributed by atoms with Crippen LogP contribution in [0, 0.1) is 5.82 Å². The first-order valence-electron chi connectivity index (χ1n) is 6.41. The van der Waals surface area contributed by atoms with Crippen molar-refractivity contribution >= 4 is 11.6 Å². The summed E-state index contributed by atoms with van der Waals surface area (Å²) in [6, 6.07) is 7.05. The lowest BCUT2D eigenvalue weighted by Gasteiger charge is -2.11. The van der Waals surface area contributed by atoms with Crippen LogP contribution in [0.4, 0.5) is 4.39 Å². The molecule has 1 N–H and O–H groups in total. The molecule has 0 spiro atoms. The summed E-state index contributed by atoms with van der Waals surface area (Å²) in [6.45, 7) is 2.63. The summed E-state index contributed by atoms with van der Waals surface area (Å²) in [5, 5.41) is 3.82. The number of nitrogens with zero attached hydrogens (tertiary/aromatic N) is 1. The molecule has 0 amide bonds. The predicted molar refractivity (Wildman–Crippen MR) is 77.0 cm³/mol. The second-order valence-electron chi connectivity index (χ2n) is 4.60. The Balaban J connectivity index is 2.18. The Morgan fingerprint density at radius 1 is 1.37 bits per heavy atom. The molecule has 4 heteroatoms. The third-order valence-electron chi connectivity index (χ3n) is 3.29. The van der Waals surface area contributed by atoms with Crippen LogP contribution < -0.4 is 5.32 Å². The lowest BCUT2D eigenvalue weighted by Crippen LogP contribution is -2.14. The highest BCUT2D eigenvalue weighted by molar-refractivity contribution is 6.30. The van der Waals surface area contributed by atoms with Gasteiger partial charge < -0.3 is 9.88 Å². The standard InChI is InChI=1S/C15H18ClFN2/c1-3-15(18-2)11-6-7-19(9-11)10-12-8-13(16)4-5-14(12)17/h4-9,15,18H,3,10H2,1-2H3. The lowest BCUT2D eigenvalue weighted by molar-refractivity contribution is 0.573. The van der Waals surface area contributed by atoms with Crippen molar-refractivity contribution in [2.45, 2.75) is 25.9 Å². The van der Waals surface area contributed by atoms with Gasteiger partial charge in [-0.2, -0.15) is 0 Å². The van der Waals surface area contributed by atoms with E-state index < -0.39 is 0 Å². The minimum atomic E-state index is -0.222. The number of rotatable bonds is 5. The molecule has 0 saturated heterocycles. The zero-order chi connectivity index (χ0) is 13.8. The van der Waals surface area contributed by atoms with E-state index in [1.165, 1.54) is 11.6 Å². The molecule has 19 heavy (non-hydrogen) atoms. The monoisotopic (exact) mass is 280 g/mol. The second-order valence-corrected chi connectivity index (χ2v) is 5.04. The van der Waals surface area contributed by atoms with Crippen LogP contribution in [0.2, 0.25) is 5.02 Å². The quantitative estimate of drug-likeness (QED) is 0.876. The molecular formula is C15H18ClFN2. The summed E-state index contributed by atoms with van der Waals surface area (Å²) >= 11 is 5.90. The maximum atomic E-state index is 13.7. The van der Waals surface area contributed by atoms with Gasteiger partial charge in [-0.3, -0.25) is 0 Å². The summed E-state index contributed by atoms with van der Waals surface area (Å²) in [5.74, 6) is -0.222. The highest BCUT2D eigenvalue weighted by Crippen LogP contribution is 2.19. The maximum Gasteiger partial charge on any atom is 0.128 e. The Morgan fingerprint density at radius 2 is 2.16 bits per heavy atom. The van der Waals surface area contributed by atoms with E-state index in [0.29, 0.717) is 23.2 Å². The predicted octanol–water partition coefficient (Wildman–Crippen LogP) is 4.00. The Hall–Kier alpha value is -1.32. The van der Waals surface area contributed by atoms with E-state index in [1.807, 2.05) is 24.0 Å². The minimum absolute atomic E-state index is 0.222. The number of hydrogen-bond acceptors (Lipinski definition) is 1. The molecular weight excluding hydrogens is 263 g/mol. The van der Waals surface area contributed by atoms with Crippen LogP contribution in [0.1, 0.15) is 30.5 Å². The average molecular weight is 281 g/mol. The Labute approximate surface area is 118 Å². The van der Waals surface area contributed by atoms with Crippen LogP contribution in [-0.4, -0.2) is 11.6 Å². The van der Waals surface area contributed by atoms with Gasteiger partial charge in [0.15, 0.2) is 0 Å². The van der Waals surface area contributed by atoms with Crippen LogP contribution in [0.25, 0.3) is 0 Å². The molecule has 1 unspecified atom stereocenters. The van der Waals surface area contributed by atoms with Gasteiger partial charge in [-0.15, -0.1) is 0 Å². The smallest absolute Gasteiger partial charge is 0.128 e. The zero-order valence-corrected chi connectivity index (χ0v) is 11.9. The van der Waals surface area contributed by atoms with Crippen molar-refractivity contribution in [2.24, 2.45) is 0 Å². The second kappa shape index (κ2) is 6.22. The van der Waals surface area contributed by atoms with Crippen molar-refractivity contribution < 1.29 is 4.39 Å². The van der Waals surface area contributed by atoms with Gasteiger partial charge in [0.2, 0.25) is 0 Å². The van der Waals surface area contributed by atoms with Crippen LogP contribution in [0.15, 0.2) is 36.7 Å². The third-order valence-corrected chi connectivity index (χ3v) is 3.53. The van der Waals surface area contributed by atoms with Gasteiger partial charge in [-0.1, -0.05) is 18.5 Å². The fourth-order valence-electron chi connectivity index (χ4n) is 2.23. The molecule has 0 radical (unpaired) electrons. The molecule has 0 bridgehead atoms. The molecule has 1 aromatic carbocycles. The first kappa shape index (κ1) is 14.1. The van der Waals surface area contributed by atoms with Crippen LogP contribution in [0.3, 0.4) is 0 Å². The van der Waals surface area contributed by atoms with Crippen molar-refractivity contribution in [3.63, 3.8) is 0 Å². The minimum Gasteiger partial charge on any atom is -0.349 e. The maximum absolute atomic E-state index is 13.7. The van der Waals surface area contributed by atoms with Crippen LogP contribution in [0.5, 0.6) is 0 Å². The molecule has 0 aliphatic heterocycles. The van der Waals surface area contributed by atoms with Gasteiger partial charge >= 0.3 is 0 Å². The first-order chi connectivity index (χ1) is 9.13. The number of hydrogen-bond donors (Lipinski definition) is 1. The Bertz CT molecular complexity index is 547. The fraction of sp³-hybridized carbons (Fsp3) is 0.333. The van der Waals surface area contributed by atoms with Crippen molar-refractivity contribution in [2.75, 3.05) is 7.05 Å². The summed E-state index contributed by atoms with van der Waals surface area (Å²) in [5.41, 5.74) is 1.82. The van der Waals surface area contributed by atoms with Crippen molar-refractivity contribution in [1.82, 2.24) is 9.88 Å². The molecule has 2 nitrogen and oxygen atoms in total. The summed E-state index contributed by atoms with van der Waals surface area (Å²) in [7, 11) is 1.95. The molecule has 0 saturated carbocycles. The van der Waals surface area contributed by atoms with E-state index >= 15 is 0 Å². The highest BCUT2D eigenvalue weighted by atomic mass is 35.5. The average Bonchev–Trinajstić information content (AvgIpc) is 2.84. The first-order valence-corrected chi connectivity index (χ1v) is 6.78. The van der Waals surface area contributed by atoms with Crippen LogP contribution in [-0.2, 0) is 6.54 Å². The van der Waals surface area contributed by atoms with Gasteiger partial charge in [0.05, 0.1) is 0 Å². The van der Waals surface area contributed by atoms with E-state index in [0.717, 1.165) is 6.42 Å². The molecule has 1 atom stereocenters. The van der Waals surface area contributed by atoms with E-state index in [1.54, 1.807) is 12.1 Å². The molecule has 1 aromatic heterocycles. The number of benzene rings is 1.